The van der Waals surface area contributed by atoms with E-state index in [2.05, 4.69) is 10.0 Å². The van der Waals surface area contributed by atoms with Crippen molar-refractivity contribution in [1.29, 1.82) is 0 Å². The van der Waals surface area contributed by atoms with Crippen molar-refractivity contribution in [3.63, 3.8) is 0 Å². The van der Waals surface area contributed by atoms with Crippen molar-refractivity contribution in [1.82, 2.24) is 5.32 Å². The number of hydrogen-bond acceptors (Lipinski definition) is 3. The van der Waals surface area contributed by atoms with Crippen LogP contribution in [0.5, 0.6) is 0 Å². The lowest BCUT2D eigenvalue weighted by atomic mass is 10.1. The first kappa shape index (κ1) is 19.0. The summed E-state index contributed by atoms with van der Waals surface area (Å²) >= 11 is 0. The van der Waals surface area contributed by atoms with Crippen LogP contribution in [-0.2, 0) is 10.0 Å². The third-order valence-corrected chi connectivity index (χ3v) is 5.55. The number of amides is 1. The van der Waals surface area contributed by atoms with Gasteiger partial charge in [0.2, 0.25) is 0 Å². The first-order valence-electron chi connectivity index (χ1n) is 8.24. The van der Waals surface area contributed by atoms with Gasteiger partial charge in [-0.2, -0.15) is 0 Å². The van der Waals surface area contributed by atoms with Crippen LogP contribution >= 0.6 is 0 Å². The van der Waals surface area contributed by atoms with E-state index in [-0.39, 0.29) is 16.8 Å². The molecule has 1 unspecified atom stereocenters. The van der Waals surface area contributed by atoms with E-state index in [1.165, 1.54) is 0 Å². The van der Waals surface area contributed by atoms with Crippen LogP contribution in [0.2, 0.25) is 0 Å². The molecule has 2 aromatic rings. The van der Waals surface area contributed by atoms with E-state index in [0.717, 1.165) is 12.0 Å². The molecule has 25 heavy (non-hydrogen) atoms. The van der Waals surface area contributed by atoms with Gasteiger partial charge in [-0.1, -0.05) is 19.1 Å². The lowest BCUT2D eigenvalue weighted by Gasteiger charge is -2.13. The second-order valence-corrected chi connectivity index (χ2v) is 7.89. The van der Waals surface area contributed by atoms with Gasteiger partial charge >= 0.3 is 0 Å². The summed E-state index contributed by atoms with van der Waals surface area (Å²) in [7, 11) is -3.67. The van der Waals surface area contributed by atoms with E-state index in [0.29, 0.717) is 16.8 Å². The fraction of sp³-hybridized carbons (Fsp3) is 0.316. The van der Waals surface area contributed by atoms with Crippen molar-refractivity contribution in [3.05, 3.63) is 59.2 Å². The van der Waals surface area contributed by atoms with E-state index < -0.39 is 10.0 Å². The summed E-state index contributed by atoms with van der Waals surface area (Å²) in [5, 5.41) is 2.88. The summed E-state index contributed by atoms with van der Waals surface area (Å²) in [5.74, 6) is -0.168. The zero-order chi connectivity index (χ0) is 18.6. The Balaban J connectivity index is 2.18. The van der Waals surface area contributed by atoms with E-state index in [1.807, 2.05) is 26.8 Å². The quantitative estimate of drug-likeness (QED) is 0.826. The molecule has 6 heteroatoms. The number of carbonyl (C=O) groups excluding carboxylic acids is 1. The monoisotopic (exact) mass is 360 g/mol. The lowest BCUT2D eigenvalue weighted by Crippen LogP contribution is -2.31. The average molecular weight is 360 g/mol. The highest BCUT2D eigenvalue weighted by molar-refractivity contribution is 7.92. The Labute approximate surface area is 149 Å². The summed E-state index contributed by atoms with van der Waals surface area (Å²) < 4.78 is 27.7. The van der Waals surface area contributed by atoms with Crippen LogP contribution < -0.4 is 10.0 Å². The van der Waals surface area contributed by atoms with Crippen molar-refractivity contribution >= 4 is 21.6 Å². The molecule has 134 valence electrons. The minimum atomic E-state index is -3.67. The number of anilines is 1. The maximum atomic E-state index is 12.6. The summed E-state index contributed by atoms with van der Waals surface area (Å²) in [6.07, 6.45) is 0.847. The minimum Gasteiger partial charge on any atom is -0.350 e. The van der Waals surface area contributed by atoms with Crippen LogP contribution in [0.4, 0.5) is 5.69 Å². The van der Waals surface area contributed by atoms with Crippen LogP contribution in [0, 0.1) is 13.8 Å². The molecule has 5 nitrogen and oxygen atoms in total. The number of hydrogen-bond donors (Lipinski definition) is 2. The maximum Gasteiger partial charge on any atom is 0.262 e. The van der Waals surface area contributed by atoms with Gasteiger partial charge in [0.1, 0.15) is 0 Å². The molecule has 1 atom stereocenters. The molecule has 1 amide bonds. The summed E-state index contributed by atoms with van der Waals surface area (Å²) in [6, 6.07) is 11.8. The molecule has 2 rings (SSSR count). The van der Waals surface area contributed by atoms with Crippen molar-refractivity contribution in [2.24, 2.45) is 0 Å². The second-order valence-electron chi connectivity index (χ2n) is 6.23. The van der Waals surface area contributed by atoms with Crippen molar-refractivity contribution in [2.45, 2.75) is 45.1 Å². The summed E-state index contributed by atoms with van der Waals surface area (Å²) in [4.78, 5) is 12.3. The van der Waals surface area contributed by atoms with E-state index in [1.54, 1.807) is 43.3 Å². The first-order chi connectivity index (χ1) is 11.7. The molecular formula is C19H24N2O3S. The number of carbonyl (C=O) groups is 1. The highest BCUT2D eigenvalue weighted by Gasteiger charge is 2.17. The lowest BCUT2D eigenvalue weighted by molar-refractivity contribution is 0.0939. The van der Waals surface area contributed by atoms with Gasteiger partial charge in [0.15, 0.2) is 0 Å². The highest BCUT2D eigenvalue weighted by Crippen LogP contribution is 2.21. The van der Waals surface area contributed by atoms with Gasteiger partial charge in [-0.25, -0.2) is 8.42 Å². The Hall–Kier alpha value is -2.34. The first-order valence-corrected chi connectivity index (χ1v) is 9.72. The fourth-order valence-electron chi connectivity index (χ4n) is 2.31. The van der Waals surface area contributed by atoms with Crippen LogP contribution in [0.15, 0.2) is 47.4 Å². The fourth-order valence-corrected chi connectivity index (χ4v) is 3.70. The Kier molecular flexibility index (Phi) is 5.85. The smallest absolute Gasteiger partial charge is 0.262 e. The third kappa shape index (κ3) is 4.82. The van der Waals surface area contributed by atoms with Gasteiger partial charge in [-0.3, -0.25) is 9.52 Å². The summed E-state index contributed by atoms with van der Waals surface area (Å²) in [6.45, 7) is 7.54. The standard InChI is InChI=1S/C19H24N2O3S/c1-5-15(4)20-19(22)16-8-10-17(11-9-16)21-25(23,24)18-12-13(2)6-7-14(18)3/h6-12,15,21H,5H2,1-4H3,(H,20,22). The minimum absolute atomic E-state index is 0.0926. The molecule has 2 aromatic carbocycles. The van der Waals surface area contributed by atoms with Gasteiger partial charge in [-0.05, 0) is 68.7 Å². The molecule has 0 heterocycles. The van der Waals surface area contributed by atoms with Crippen LogP contribution in [0.1, 0.15) is 41.8 Å². The maximum absolute atomic E-state index is 12.6. The molecular weight excluding hydrogens is 336 g/mol. The van der Waals surface area contributed by atoms with E-state index >= 15 is 0 Å². The largest absolute Gasteiger partial charge is 0.350 e. The predicted molar refractivity (Wildman–Crippen MR) is 100 cm³/mol. The normalized spacial score (nSPS) is 12.5. The number of rotatable bonds is 6. The van der Waals surface area contributed by atoms with Gasteiger partial charge < -0.3 is 5.32 Å². The molecule has 0 aliphatic heterocycles. The van der Waals surface area contributed by atoms with E-state index in [4.69, 9.17) is 0 Å². The zero-order valence-electron chi connectivity index (χ0n) is 15.0. The molecule has 0 radical (unpaired) electrons. The molecule has 0 saturated heterocycles. The van der Waals surface area contributed by atoms with Gasteiger partial charge in [0.05, 0.1) is 4.90 Å². The van der Waals surface area contributed by atoms with Crippen molar-refractivity contribution < 1.29 is 13.2 Å². The number of aryl methyl sites for hydroxylation is 2. The Bertz CT molecular complexity index is 859. The van der Waals surface area contributed by atoms with Crippen molar-refractivity contribution in [3.8, 4) is 0 Å². The molecule has 2 N–H and O–H groups in total. The molecule has 0 aliphatic rings. The van der Waals surface area contributed by atoms with E-state index in [9.17, 15) is 13.2 Å². The molecule has 0 spiro atoms. The molecule has 0 aliphatic carbocycles. The van der Waals surface area contributed by atoms with Gasteiger partial charge in [0.25, 0.3) is 15.9 Å². The predicted octanol–water partition coefficient (Wildman–Crippen LogP) is 3.63. The zero-order valence-corrected chi connectivity index (χ0v) is 15.8. The van der Waals surface area contributed by atoms with Crippen LogP contribution in [0.3, 0.4) is 0 Å². The van der Waals surface area contributed by atoms with Gasteiger partial charge in [0, 0.05) is 17.3 Å². The second kappa shape index (κ2) is 7.70. The summed E-state index contributed by atoms with van der Waals surface area (Å²) in [5.41, 5.74) is 2.47. The van der Waals surface area contributed by atoms with Gasteiger partial charge in [-0.15, -0.1) is 0 Å². The van der Waals surface area contributed by atoms with Crippen molar-refractivity contribution in [2.75, 3.05) is 4.72 Å². The Morgan fingerprint density at radius 2 is 1.72 bits per heavy atom. The number of benzene rings is 2. The number of nitrogens with one attached hydrogen (secondary N) is 2. The third-order valence-electron chi connectivity index (χ3n) is 4.02. The van der Waals surface area contributed by atoms with Crippen LogP contribution in [0.25, 0.3) is 0 Å². The average Bonchev–Trinajstić information content (AvgIpc) is 2.57. The highest BCUT2D eigenvalue weighted by atomic mass is 32.2. The SMILES string of the molecule is CCC(C)NC(=O)c1ccc(NS(=O)(=O)c2cc(C)ccc2C)cc1. The number of sulfonamides is 1. The molecule has 0 bridgehead atoms. The Morgan fingerprint density at radius 1 is 1.08 bits per heavy atom. The Morgan fingerprint density at radius 3 is 2.32 bits per heavy atom. The molecule has 0 saturated carbocycles. The topological polar surface area (TPSA) is 75.3 Å². The molecule has 0 fully saturated rings. The van der Waals surface area contributed by atoms with Crippen LogP contribution in [-0.4, -0.2) is 20.4 Å². The molecule has 0 aromatic heterocycles.